The van der Waals surface area contributed by atoms with Gasteiger partial charge >= 0.3 is 0 Å². The Labute approximate surface area is 67.7 Å². The summed E-state index contributed by atoms with van der Waals surface area (Å²) in [6.45, 7) is 6.00. The van der Waals surface area contributed by atoms with Crippen LogP contribution in [0.15, 0.2) is 6.20 Å². The first-order valence-corrected chi connectivity index (χ1v) is 3.84. The molecule has 0 radical (unpaired) electrons. The number of nitrogens with zero attached hydrogens (tertiary/aromatic N) is 2. The van der Waals surface area contributed by atoms with E-state index in [1.807, 2.05) is 27.8 Å². The van der Waals surface area contributed by atoms with Gasteiger partial charge in [0, 0.05) is 7.05 Å². The largest absolute Gasteiger partial charge is 0.390 e. The van der Waals surface area contributed by atoms with Crippen LogP contribution in [0, 0.1) is 6.92 Å². The first-order chi connectivity index (χ1) is 5.25. The lowest BCUT2D eigenvalue weighted by molar-refractivity contribution is 0.270. The van der Waals surface area contributed by atoms with E-state index in [2.05, 4.69) is 5.10 Å². The van der Waals surface area contributed by atoms with Crippen LogP contribution in [0.5, 0.6) is 0 Å². The fourth-order valence-electron chi connectivity index (χ4n) is 0.800. The molecule has 1 aromatic rings. The third kappa shape index (κ3) is 2.35. The van der Waals surface area contributed by atoms with Crippen LogP contribution in [0.1, 0.15) is 25.1 Å². The topological polar surface area (TPSA) is 38.0 Å². The molecule has 0 atom stereocenters. The first-order valence-electron chi connectivity index (χ1n) is 3.84. The van der Waals surface area contributed by atoms with Gasteiger partial charge in [-0.1, -0.05) is 13.8 Å². The van der Waals surface area contributed by atoms with Crippen LogP contribution < -0.4 is 0 Å². The predicted molar refractivity (Wildman–Crippen MR) is 45.2 cm³/mol. The lowest BCUT2D eigenvalue weighted by Gasteiger charge is -1.95. The zero-order valence-corrected chi connectivity index (χ0v) is 7.63. The summed E-state index contributed by atoms with van der Waals surface area (Å²) in [6, 6.07) is 0. The zero-order valence-electron chi connectivity index (χ0n) is 7.63. The van der Waals surface area contributed by atoms with Crippen molar-refractivity contribution in [2.24, 2.45) is 7.05 Å². The van der Waals surface area contributed by atoms with Crippen molar-refractivity contribution in [2.75, 3.05) is 0 Å². The first kappa shape index (κ1) is 10.2. The van der Waals surface area contributed by atoms with Crippen molar-refractivity contribution >= 4 is 0 Å². The molecule has 3 nitrogen and oxygen atoms in total. The maximum absolute atomic E-state index is 8.73. The number of aryl methyl sites for hydroxylation is 2. The maximum atomic E-state index is 8.73. The van der Waals surface area contributed by atoms with E-state index in [4.69, 9.17) is 5.11 Å². The van der Waals surface area contributed by atoms with Gasteiger partial charge in [0.25, 0.3) is 0 Å². The molecule has 0 unspecified atom stereocenters. The summed E-state index contributed by atoms with van der Waals surface area (Å²) in [7, 11) is 1.82. The van der Waals surface area contributed by atoms with Crippen molar-refractivity contribution in [3.05, 3.63) is 17.5 Å². The third-order valence-corrected chi connectivity index (χ3v) is 1.42. The second-order valence-electron chi connectivity index (χ2n) is 2.06. The molecule has 1 aromatic heterocycles. The highest BCUT2D eigenvalue weighted by molar-refractivity contribution is 5.13. The number of aromatic nitrogens is 2. The lowest BCUT2D eigenvalue weighted by atomic mass is 10.3. The Kier molecular flexibility index (Phi) is 4.54. The van der Waals surface area contributed by atoms with Gasteiger partial charge in [-0.25, -0.2) is 0 Å². The Morgan fingerprint density at radius 2 is 2.09 bits per heavy atom. The van der Waals surface area contributed by atoms with E-state index in [1.165, 1.54) is 0 Å². The second-order valence-corrected chi connectivity index (χ2v) is 2.06. The Morgan fingerprint density at radius 1 is 1.55 bits per heavy atom. The average molecular weight is 156 g/mol. The van der Waals surface area contributed by atoms with Crippen LogP contribution in [0.2, 0.25) is 0 Å². The Morgan fingerprint density at radius 3 is 2.27 bits per heavy atom. The summed E-state index contributed by atoms with van der Waals surface area (Å²) < 4.78 is 1.68. The van der Waals surface area contributed by atoms with Gasteiger partial charge in [0.05, 0.1) is 18.5 Å². The smallest absolute Gasteiger partial charge is 0.0852 e. The van der Waals surface area contributed by atoms with Crippen molar-refractivity contribution in [2.45, 2.75) is 27.4 Å². The number of hydrogen-bond acceptors (Lipinski definition) is 2. The van der Waals surface area contributed by atoms with Crippen LogP contribution in [-0.4, -0.2) is 14.9 Å². The Balaban J connectivity index is 0.000000461. The quantitative estimate of drug-likeness (QED) is 0.664. The van der Waals surface area contributed by atoms with Crippen LogP contribution in [0.25, 0.3) is 0 Å². The second kappa shape index (κ2) is 4.91. The minimum absolute atomic E-state index is 0.0718. The van der Waals surface area contributed by atoms with Gasteiger partial charge in [0.2, 0.25) is 0 Å². The monoisotopic (exact) mass is 156 g/mol. The highest BCUT2D eigenvalue weighted by atomic mass is 16.3. The molecule has 11 heavy (non-hydrogen) atoms. The van der Waals surface area contributed by atoms with E-state index >= 15 is 0 Å². The molecule has 3 heteroatoms. The fourth-order valence-corrected chi connectivity index (χ4v) is 0.800. The molecular formula is C8H16N2O. The molecule has 1 rings (SSSR count). The van der Waals surface area contributed by atoms with Crippen molar-refractivity contribution in [1.29, 1.82) is 0 Å². The summed E-state index contributed by atoms with van der Waals surface area (Å²) in [5, 5.41) is 12.7. The summed E-state index contributed by atoms with van der Waals surface area (Å²) >= 11 is 0. The van der Waals surface area contributed by atoms with Crippen LogP contribution in [0.3, 0.4) is 0 Å². The zero-order chi connectivity index (χ0) is 8.85. The van der Waals surface area contributed by atoms with E-state index in [-0.39, 0.29) is 6.61 Å². The van der Waals surface area contributed by atoms with E-state index < -0.39 is 0 Å². The van der Waals surface area contributed by atoms with Crippen molar-refractivity contribution < 1.29 is 5.11 Å². The standard InChI is InChI=1S/C6H10N2O.C2H6/c1-5-3-7-8(2)6(5)4-9;1-2/h3,9H,4H2,1-2H3;1-2H3. The molecule has 64 valence electrons. The van der Waals surface area contributed by atoms with Crippen molar-refractivity contribution in [3.8, 4) is 0 Å². The molecule has 0 aliphatic rings. The van der Waals surface area contributed by atoms with E-state index in [9.17, 15) is 0 Å². The molecular weight excluding hydrogens is 140 g/mol. The molecule has 0 aromatic carbocycles. The molecule has 0 aliphatic carbocycles. The molecule has 0 fully saturated rings. The Hall–Kier alpha value is -0.830. The van der Waals surface area contributed by atoms with Crippen molar-refractivity contribution in [3.63, 3.8) is 0 Å². The molecule has 0 bridgehead atoms. The van der Waals surface area contributed by atoms with Gasteiger partial charge < -0.3 is 5.11 Å². The number of rotatable bonds is 1. The third-order valence-electron chi connectivity index (χ3n) is 1.42. The van der Waals surface area contributed by atoms with Gasteiger partial charge in [-0.2, -0.15) is 5.10 Å². The highest BCUT2D eigenvalue weighted by Crippen LogP contribution is 2.03. The molecule has 1 heterocycles. The summed E-state index contributed by atoms with van der Waals surface area (Å²) in [5.74, 6) is 0. The normalized spacial score (nSPS) is 8.82. The molecule has 0 amide bonds. The van der Waals surface area contributed by atoms with Gasteiger partial charge in [0.1, 0.15) is 0 Å². The van der Waals surface area contributed by atoms with E-state index in [0.29, 0.717) is 0 Å². The molecule has 0 aliphatic heterocycles. The van der Waals surface area contributed by atoms with Crippen LogP contribution >= 0.6 is 0 Å². The average Bonchev–Trinajstić information content (AvgIpc) is 2.35. The van der Waals surface area contributed by atoms with Gasteiger partial charge in [-0.05, 0) is 12.5 Å². The number of hydrogen-bond donors (Lipinski definition) is 1. The Bertz CT molecular complexity index is 186. The summed E-state index contributed by atoms with van der Waals surface area (Å²) in [4.78, 5) is 0. The van der Waals surface area contributed by atoms with Crippen LogP contribution in [0.4, 0.5) is 0 Å². The minimum Gasteiger partial charge on any atom is -0.390 e. The number of aliphatic hydroxyl groups excluding tert-OH is 1. The summed E-state index contributed by atoms with van der Waals surface area (Å²) in [5.41, 5.74) is 1.93. The molecule has 0 saturated carbocycles. The van der Waals surface area contributed by atoms with Gasteiger partial charge in [-0.15, -0.1) is 0 Å². The van der Waals surface area contributed by atoms with Gasteiger partial charge in [-0.3, -0.25) is 4.68 Å². The van der Waals surface area contributed by atoms with Crippen molar-refractivity contribution in [1.82, 2.24) is 9.78 Å². The highest BCUT2D eigenvalue weighted by Gasteiger charge is 1.99. The van der Waals surface area contributed by atoms with E-state index in [1.54, 1.807) is 10.9 Å². The lowest BCUT2D eigenvalue weighted by Crippen LogP contribution is -1.98. The molecule has 0 saturated heterocycles. The van der Waals surface area contributed by atoms with E-state index in [0.717, 1.165) is 11.3 Å². The number of aliphatic hydroxyl groups is 1. The SMILES string of the molecule is CC.Cc1cnn(C)c1CO. The molecule has 1 N–H and O–H groups in total. The maximum Gasteiger partial charge on any atom is 0.0852 e. The fraction of sp³-hybridized carbons (Fsp3) is 0.625. The molecule has 0 spiro atoms. The summed E-state index contributed by atoms with van der Waals surface area (Å²) in [6.07, 6.45) is 1.74. The van der Waals surface area contributed by atoms with Crippen LogP contribution in [-0.2, 0) is 13.7 Å². The van der Waals surface area contributed by atoms with Gasteiger partial charge in [0.15, 0.2) is 0 Å². The predicted octanol–water partition coefficient (Wildman–Crippen LogP) is 1.25. The minimum atomic E-state index is 0.0718.